The quantitative estimate of drug-likeness (QED) is 0.906. The molecule has 1 heterocycles. The summed E-state index contributed by atoms with van der Waals surface area (Å²) < 4.78 is 10.7. The fourth-order valence-electron chi connectivity index (χ4n) is 2.61. The number of hydrogen-bond acceptors (Lipinski definition) is 4. The third kappa shape index (κ3) is 5.15. The number of nitrogens with one attached hydrogen (secondary N) is 1. The molecule has 23 heavy (non-hydrogen) atoms. The van der Waals surface area contributed by atoms with Crippen LogP contribution >= 0.6 is 0 Å². The number of ether oxygens (including phenoxy) is 2. The normalized spacial score (nSPS) is 17.7. The molecule has 0 saturated carbocycles. The van der Waals surface area contributed by atoms with E-state index in [0.717, 1.165) is 6.42 Å². The standard InChI is InChI=1S/C17H23N3O3/c1-13(2)11-15-12-22-10-8-20(15)17(21)19-14-3-5-16(6-4-14)23-9-7-18/h3-6,13,15H,8-12H2,1-2H3,(H,19,21). The second kappa shape index (κ2) is 8.39. The first-order valence-electron chi connectivity index (χ1n) is 7.85. The molecule has 6 nitrogen and oxygen atoms in total. The van der Waals surface area contributed by atoms with Gasteiger partial charge in [-0.1, -0.05) is 13.8 Å². The largest absolute Gasteiger partial charge is 0.479 e. The van der Waals surface area contributed by atoms with E-state index in [1.54, 1.807) is 24.3 Å². The minimum absolute atomic E-state index is 0.0103. The molecular formula is C17H23N3O3. The highest BCUT2D eigenvalue weighted by Crippen LogP contribution is 2.19. The first-order valence-corrected chi connectivity index (χ1v) is 7.85. The zero-order valence-corrected chi connectivity index (χ0v) is 13.6. The molecule has 1 unspecified atom stereocenters. The average molecular weight is 317 g/mol. The maximum Gasteiger partial charge on any atom is 0.322 e. The Morgan fingerprint density at radius 3 is 2.87 bits per heavy atom. The van der Waals surface area contributed by atoms with Crippen LogP contribution in [0.5, 0.6) is 5.75 Å². The highest BCUT2D eigenvalue weighted by Gasteiger charge is 2.27. The van der Waals surface area contributed by atoms with E-state index in [4.69, 9.17) is 14.7 Å². The molecule has 1 N–H and O–H groups in total. The number of hydrogen-bond donors (Lipinski definition) is 1. The van der Waals surface area contributed by atoms with Crippen molar-refractivity contribution < 1.29 is 14.3 Å². The van der Waals surface area contributed by atoms with Crippen molar-refractivity contribution in [3.05, 3.63) is 24.3 Å². The fourth-order valence-corrected chi connectivity index (χ4v) is 2.61. The zero-order chi connectivity index (χ0) is 16.7. The first-order chi connectivity index (χ1) is 11.1. The van der Waals surface area contributed by atoms with Gasteiger partial charge in [0, 0.05) is 12.2 Å². The van der Waals surface area contributed by atoms with Crippen LogP contribution in [0, 0.1) is 17.2 Å². The third-order valence-corrected chi connectivity index (χ3v) is 3.64. The van der Waals surface area contributed by atoms with Gasteiger partial charge in [0.1, 0.15) is 11.8 Å². The maximum atomic E-state index is 12.5. The number of nitriles is 1. The predicted octanol–water partition coefficient (Wildman–Crippen LogP) is 2.87. The van der Waals surface area contributed by atoms with E-state index in [1.165, 1.54) is 0 Å². The van der Waals surface area contributed by atoms with Crippen molar-refractivity contribution in [2.75, 3.05) is 31.7 Å². The van der Waals surface area contributed by atoms with E-state index in [0.29, 0.717) is 37.1 Å². The van der Waals surface area contributed by atoms with Crippen LogP contribution in [-0.2, 0) is 4.74 Å². The lowest BCUT2D eigenvalue weighted by Crippen LogP contribution is -2.50. The number of rotatable bonds is 5. The molecule has 1 aliphatic rings. The Morgan fingerprint density at radius 2 is 2.22 bits per heavy atom. The Hall–Kier alpha value is -2.26. The topological polar surface area (TPSA) is 74.6 Å². The van der Waals surface area contributed by atoms with E-state index >= 15 is 0 Å². The molecule has 0 aromatic heterocycles. The molecule has 6 heteroatoms. The summed E-state index contributed by atoms with van der Waals surface area (Å²) in [6.45, 7) is 6.06. The SMILES string of the molecule is CC(C)CC1COCCN1C(=O)Nc1ccc(OCC#N)cc1. The Kier molecular flexibility index (Phi) is 6.24. The number of morpholine rings is 1. The van der Waals surface area contributed by atoms with Crippen molar-refractivity contribution in [2.45, 2.75) is 26.3 Å². The van der Waals surface area contributed by atoms with E-state index in [2.05, 4.69) is 19.2 Å². The van der Waals surface area contributed by atoms with Crippen molar-refractivity contribution in [3.8, 4) is 11.8 Å². The van der Waals surface area contributed by atoms with Crippen molar-refractivity contribution in [3.63, 3.8) is 0 Å². The Balaban J connectivity index is 1.95. The van der Waals surface area contributed by atoms with Crippen LogP contribution in [0.3, 0.4) is 0 Å². The van der Waals surface area contributed by atoms with Crippen molar-refractivity contribution >= 4 is 11.7 Å². The number of anilines is 1. The van der Waals surface area contributed by atoms with Gasteiger partial charge in [-0.3, -0.25) is 0 Å². The minimum atomic E-state index is -0.107. The van der Waals surface area contributed by atoms with E-state index in [1.807, 2.05) is 11.0 Å². The highest BCUT2D eigenvalue weighted by molar-refractivity contribution is 5.89. The summed E-state index contributed by atoms with van der Waals surface area (Å²) in [7, 11) is 0. The van der Waals surface area contributed by atoms with Crippen LogP contribution in [0.25, 0.3) is 0 Å². The van der Waals surface area contributed by atoms with Gasteiger partial charge in [-0.05, 0) is 36.6 Å². The van der Waals surface area contributed by atoms with Gasteiger partial charge in [0.2, 0.25) is 0 Å². The van der Waals surface area contributed by atoms with Crippen LogP contribution in [0.4, 0.5) is 10.5 Å². The molecule has 1 saturated heterocycles. The highest BCUT2D eigenvalue weighted by atomic mass is 16.5. The summed E-state index contributed by atoms with van der Waals surface area (Å²) >= 11 is 0. The summed E-state index contributed by atoms with van der Waals surface area (Å²) in [6.07, 6.45) is 0.925. The van der Waals surface area contributed by atoms with Crippen molar-refractivity contribution in [1.82, 2.24) is 4.90 Å². The monoisotopic (exact) mass is 317 g/mol. The van der Waals surface area contributed by atoms with Crippen LogP contribution in [0.15, 0.2) is 24.3 Å². The molecule has 2 amide bonds. The van der Waals surface area contributed by atoms with Gasteiger partial charge in [-0.2, -0.15) is 5.26 Å². The van der Waals surface area contributed by atoms with Crippen LogP contribution < -0.4 is 10.1 Å². The number of carbonyl (C=O) groups excluding carboxylic acids is 1. The minimum Gasteiger partial charge on any atom is -0.479 e. The molecule has 0 aliphatic carbocycles. The van der Waals surface area contributed by atoms with Gasteiger partial charge in [0.15, 0.2) is 6.61 Å². The Morgan fingerprint density at radius 1 is 1.48 bits per heavy atom. The number of benzene rings is 1. The maximum absolute atomic E-state index is 12.5. The van der Waals surface area contributed by atoms with E-state index in [-0.39, 0.29) is 18.7 Å². The van der Waals surface area contributed by atoms with Crippen LogP contribution in [0.1, 0.15) is 20.3 Å². The van der Waals surface area contributed by atoms with Gasteiger partial charge in [-0.15, -0.1) is 0 Å². The molecule has 0 spiro atoms. The Bertz CT molecular complexity index is 551. The molecule has 1 atom stereocenters. The summed E-state index contributed by atoms with van der Waals surface area (Å²) in [5.74, 6) is 1.11. The van der Waals surface area contributed by atoms with Gasteiger partial charge in [-0.25, -0.2) is 4.79 Å². The molecule has 1 aromatic rings. The number of carbonyl (C=O) groups is 1. The van der Waals surface area contributed by atoms with Gasteiger partial charge < -0.3 is 19.7 Å². The second-order valence-electron chi connectivity index (χ2n) is 5.95. The molecule has 2 rings (SSSR count). The fraction of sp³-hybridized carbons (Fsp3) is 0.529. The van der Waals surface area contributed by atoms with E-state index in [9.17, 15) is 4.79 Å². The number of nitrogens with zero attached hydrogens (tertiary/aromatic N) is 2. The lowest BCUT2D eigenvalue weighted by atomic mass is 10.0. The Labute approximate surface area is 137 Å². The van der Waals surface area contributed by atoms with Gasteiger partial charge in [0.05, 0.1) is 19.3 Å². The summed E-state index contributed by atoms with van der Waals surface area (Å²) in [4.78, 5) is 14.4. The molecule has 1 fully saturated rings. The van der Waals surface area contributed by atoms with E-state index < -0.39 is 0 Å². The number of urea groups is 1. The third-order valence-electron chi connectivity index (χ3n) is 3.64. The number of amides is 2. The van der Waals surface area contributed by atoms with Crippen molar-refractivity contribution in [2.24, 2.45) is 5.92 Å². The smallest absolute Gasteiger partial charge is 0.322 e. The van der Waals surface area contributed by atoms with Crippen LogP contribution in [0.2, 0.25) is 0 Å². The molecule has 124 valence electrons. The molecule has 1 aliphatic heterocycles. The first kappa shape index (κ1) is 17.1. The predicted molar refractivity (Wildman–Crippen MR) is 87.3 cm³/mol. The van der Waals surface area contributed by atoms with Gasteiger partial charge >= 0.3 is 6.03 Å². The summed E-state index contributed by atoms with van der Waals surface area (Å²) in [6, 6.07) is 8.92. The zero-order valence-electron chi connectivity index (χ0n) is 13.6. The summed E-state index contributed by atoms with van der Waals surface area (Å²) in [5.41, 5.74) is 0.703. The van der Waals surface area contributed by atoms with Crippen LogP contribution in [-0.4, -0.2) is 43.3 Å². The van der Waals surface area contributed by atoms with Crippen molar-refractivity contribution in [1.29, 1.82) is 5.26 Å². The molecule has 1 aromatic carbocycles. The molecular weight excluding hydrogens is 294 g/mol. The van der Waals surface area contributed by atoms with Gasteiger partial charge in [0.25, 0.3) is 0 Å². The molecule has 0 radical (unpaired) electrons. The molecule has 0 bridgehead atoms. The average Bonchev–Trinajstić information content (AvgIpc) is 2.54. The summed E-state index contributed by atoms with van der Waals surface area (Å²) in [5, 5.41) is 11.4. The second-order valence-corrected chi connectivity index (χ2v) is 5.95. The lowest BCUT2D eigenvalue weighted by Gasteiger charge is -2.36. The lowest BCUT2D eigenvalue weighted by molar-refractivity contribution is 0.00857.